The second-order valence-corrected chi connectivity index (χ2v) is 5.54. The molecule has 2 aliphatic rings. The minimum absolute atomic E-state index is 0.195. The quantitative estimate of drug-likeness (QED) is 0.859. The molecule has 122 valence electrons. The van der Waals surface area contributed by atoms with Crippen molar-refractivity contribution in [2.24, 2.45) is 5.92 Å². The summed E-state index contributed by atoms with van der Waals surface area (Å²) in [6, 6.07) is 4.84. The summed E-state index contributed by atoms with van der Waals surface area (Å²) in [6.07, 6.45) is 0. The van der Waals surface area contributed by atoms with Crippen molar-refractivity contribution in [3.8, 4) is 0 Å². The zero-order chi connectivity index (χ0) is 16.4. The predicted molar refractivity (Wildman–Crippen MR) is 80.8 cm³/mol. The second-order valence-electron chi connectivity index (χ2n) is 5.54. The Bertz CT molecular complexity index is 643. The molecule has 2 N–H and O–H groups in total. The molecule has 6 nitrogen and oxygen atoms in total. The number of carbonyl (C=O) groups is 2. The van der Waals surface area contributed by atoms with Crippen LogP contribution in [0.15, 0.2) is 36.5 Å². The van der Waals surface area contributed by atoms with Crippen molar-refractivity contribution >= 4 is 11.9 Å². The number of morpholine rings is 1. The van der Waals surface area contributed by atoms with Gasteiger partial charge in [0.2, 0.25) is 5.91 Å². The Balaban J connectivity index is 1.93. The fraction of sp³-hybridized carbons (Fsp3) is 0.375. The number of rotatable bonds is 2. The van der Waals surface area contributed by atoms with Crippen LogP contribution in [-0.4, -0.2) is 43.1 Å². The first-order valence-electron chi connectivity index (χ1n) is 7.45. The molecule has 0 saturated carbocycles. The molecule has 0 bridgehead atoms. The maximum atomic E-state index is 14.2. The first kappa shape index (κ1) is 15.5. The number of hydrogen-bond acceptors (Lipinski definition) is 3. The van der Waals surface area contributed by atoms with Crippen LogP contribution >= 0.6 is 0 Å². The number of ether oxygens (including phenoxy) is 1. The SMILES string of the molecule is C=C1NC(=O)N[C@H](c2ccccc2F)[C@@H]1C(=O)N1CCOCC1. The standard InChI is InChI=1S/C16H18FN3O3/c1-10-13(15(21)20-6-8-23-9-7-20)14(19-16(22)18-10)11-4-2-3-5-12(11)17/h2-5,13-14H,1,6-9H2,(H2,18,19,22)/t13-,14-/m1/s1. The first-order chi connectivity index (χ1) is 11.1. The van der Waals surface area contributed by atoms with Crippen LogP contribution in [0.25, 0.3) is 0 Å². The molecule has 2 atom stereocenters. The average molecular weight is 319 g/mol. The molecule has 0 aromatic heterocycles. The zero-order valence-corrected chi connectivity index (χ0v) is 12.5. The van der Waals surface area contributed by atoms with E-state index >= 15 is 0 Å². The predicted octanol–water partition coefficient (Wildman–Crippen LogP) is 1.17. The largest absolute Gasteiger partial charge is 0.378 e. The van der Waals surface area contributed by atoms with Crippen LogP contribution in [0.1, 0.15) is 11.6 Å². The van der Waals surface area contributed by atoms with Gasteiger partial charge in [0.15, 0.2) is 0 Å². The van der Waals surface area contributed by atoms with E-state index in [0.29, 0.717) is 26.3 Å². The molecule has 3 rings (SSSR count). The van der Waals surface area contributed by atoms with E-state index in [9.17, 15) is 14.0 Å². The summed E-state index contributed by atoms with van der Waals surface area (Å²) < 4.78 is 19.4. The van der Waals surface area contributed by atoms with Crippen LogP contribution in [0, 0.1) is 11.7 Å². The average Bonchev–Trinajstić information content (AvgIpc) is 2.55. The van der Waals surface area contributed by atoms with E-state index in [4.69, 9.17) is 4.74 Å². The van der Waals surface area contributed by atoms with Crippen molar-refractivity contribution in [3.63, 3.8) is 0 Å². The fourth-order valence-electron chi connectivity index (χ4n) is 2.94. The summed E-state index contributed by atoms with van der Waals surface area (Å²) in [6.45, 7) is 5.67. The first-order valence-corrected chi connectivity index (χ1v) is 7.45. The minimum atomic E-state index is -0.784. The third-order valence-electron chi connectivity index (χ3n) is 4.10. The molecule has 7 heteroatoms. The van der Waals surface area contributed by atoms with Crippen LogP contribution in [0.4, 0.5) is 9.18 Å². The molecule has 0 spiro atoms. The van der Waals surface area contributed by atoms with Gasteiger partial charge in [0, 0.05) is 24.4 Å². The summed E-state index contributed by atoms with van der Waals surface area (Å²) in [4.78, 5) is 26.3. The topological polar surface area (TPSA) is 70.7 Å². The molecular weight excluding hydrogens is 301 g/mol. The highest BCUT2D eigenvalue weighted by molar-refractivity contribution is 5.88. The third-order valence-corrected chi connectivity index (χ3v) is 4.10. The highest BCUT2D eigenvalue weighted by atomic mass is 19.1. The Labute approximate surface area is 133 Å². The van der Waals surface area contributed by atoms with Gasteiger partial charge < -0.3 is 20.3 Å². The molecule has 2 heterocycles. The van der Waals surface area contributed by atoms with Gasteiger partial charge in [0.05, 0.1) is 19.3 Å². The van der Waals surface area contributed by atoms with Gasteiger partial charge in [-0.3, -0.25) is 4.79 Å². The Morgan fingerprint density at radius 3 is 2.70 bits per heavy atom. The van der Waals surface area contributed by atoms with Gasteiger partial charge in [-0.2, -0.15) is 0 Å². The van der Waals surface area contributed by atoms with Crippen molar-refractivity contribution < 1.29 is 18.7 Å². The van der Waals surface area contributed by atoms with Gasteiger partial charge in [-0.05, 0) is 6.07 Å². The normalized spacial score (nSPS) is 24.8. The number of nitrogens with one attached hydrogen (secondary N) is 2. The number of halogens is 1. The smallest absolute Gasteiger partial charge is 0.319 e. The van der Waals surface area contributed by atoms with Crippen molar-refractivity contribution in [1.82, 2.24) is 15.5 Å². The number of carbonyl (C=O) groups excluding carboxylic acids is 2. The van der Waals surface area contributed by atoms with Crippen molar-refractivity contribution in [2.45, 2.75) is 6.04 Å². The molecule has 1 aromatic rings. The number of hydrogen-bond donors (Lipinski definition) is 2. The van der Waals surface area contributed by atoms with E-state index in [0.717, 1.165) is 0 Å². The highest BCUT2D eigenvalue weighted by Gasteiger charge is 2.41. The summed E-state index contributed by atoms with van der Waals surface area (Å²) in [5, 5.41) is 5.17. The van der Waals surface area contributed by atoms with Gasteiger partial charge in [0.25, 0.3) is 0 Å². The number of benzene rings is 1. The van der Waals surface area contributed by atoms with Crippen LogP contribution in [-0.2, 0) is 9.53 Å². The van der Waals surface area contributed by atoms with Gasteiger partial charge >= 0.3 is 6.03 Å². The fourth-order valence-corrected chi connectivity index (χ4v) is 2.94. The van der Waals surface area contributed by atoms with Gasteiger partial charge in [0.1, 0.15) is 11.7 Å². The lowest BCUT2D eigenvalue weighted by Gasteiger charge is -2.38. The van der Waals surface area contributed by atoms with E-state index in [2.05, 4.69) is 17.2 Å². The summed E-state index contributed by atoms with van der Waals surface area (Å²) in [7, 11) is 0. The van der Waals surface area contributed by atoms with E-state index in [1.165, 1.54) is 6.07 Å². The monoisotopic (exact) mass is 319 g/mol. The molecule has 3 amide bonds. The lowest BCUT2D eigenvalue weighted by Crippen LogP contribution is -2.55. The molecule has 0 radical (unpaired) electrons. The van der Waals surface area contributed by atoms with Crippen LogP contribution in [0.2, 0.25) is 0 Å². The maximum absolute atomic E-state index is 14.2. The van der Waals surface area contributed by atoms with Crippen LogP contribution in [0.3, 0.4) is 0 Å². The Morgan fingerprint density at radius 1 is 1.30 bits per heavy atom. The molecule has 0 aliphatic carbocycles. The molecular formula is C16H18FN3O3. The maximum Gasteiger partial charge on any atom is 0.319 e. The van der Waals surface area contributed by atoms with E-state index in [1.54, 1.807) is 23.1 Å². The molecule has 23 heavy (non-hydrogen) atoms. The van der Waals surface area contributed by atoms with Gasteiger partial charge in [-0.25, -0.2) is 9.18 Å². The van der Waals surface area contributed by atoms with Gasteiger partial charge in [-0.15, -0.1) is 0 Å². The van der Waals surface area contributed by atoms with E-state index in [-0.39, 0.29) is 17.2 Å². The Hall–Kier alpha value is -2.41. The lowest BCUT2D eigenvalue weighted by molar-refractivity contribution is -0.139. The number of amides is 3. The molecule has 2 aliphatic heterocycles. The number of urea groups is 1. The minimum Gasteiger partial charge on any atom is -0.378 e. The van der Waals surface area contributed by atoms with Gasteiger partial charge in [-0.1, -0.05) is 24.8 Å². The molecule has 2 saturated heterocycles. The molecule has 2 fully saturated rings. The summed E-state index contributed by atoms with van der Waals surface area (Å²) in [5.74, 6) is -1.42. The molecule has 1 aromatic carbocycles. The van der Waals surface area contributed by atoms with Crippen LogP contribution < -0.4 is 10.6 Å². The van der Waals surface area contributed by atoms with Crippen molar-refractivity contribution in [1.29, 1.82) is 0 Å². The second kappa shape index (κ2) is 6.37. The molecule has 0 unspecified atom stereocenters. The summed E-state index contributed by atoms with van der Waals surface area (Å²) in [5.41, 5.74) is 0.550. The zero-order valence-electron chi connectivity index (χ0n) is 12.5. The Morgan fingerprint density at radius 2 is 2.00 bits per heavy atom. The summed E-state index contributed by atoms with van der Waals surface area (Å²) >= 11 is 0. The number of nitrogens with zero attached hydrogens (tertiary/aromatic N) is 1. The lowest BCUT2D eigenvalue weighted by atomic mass is 9.87. The highest BCUT2D eigenvalue weighted by Crippen LogP contribution is 2.32. The van der Waals surface area contributed by atoms with E-state index in [1.807, 2.05) is 0 Å². The Kier molecular flexibility index (Phi) is 4.29. The van der Waals surface area contributed by atoms with Crippen LogP contribution in [0.5, 0.6) is 0 Å². The van der Waals surface area contributed by atoms with E-state index < -0.39 is 23.8 Å². The third kappa shape index (κ3) is 3.05. The van der Waals surface area contributed by atoms with Crippen molar-refractivity contribution in [2.75, 3.05) is 26.3 Å². The van der Waals surface area contributed by atoms with Crippen molar-refractivity contribution in [3.05, 3.63) is 47.9 Å².